The maximum Gasteiger partial charge on any atom is 0.331 e. The van der Waals surface area contributed by atoms with Gasteiger partial charge in [-0.25, -0.2) is 9.18 Å². The number of hydrogen-bond acceptors (Lipinski definition) is 3. The number of nitrogens with zero attached hydrogens (tertiary/aromatic N) is 3. The van der Waals surface area contributed by atoms with E-state index in [4.69, 9.17) is 0 Å². The van der Waals surface area contributed by atoms with Crippen molar-refractivity contribution in [2.24, 2.45) is 0 Å². The third-order valence-electron chi connectivity index (χ3n) is 6.39. The number of piperidine rings is 1. The van der Waals surface area contributed by atoms with Gasteiger partial charge in [0, 0.05) is 18.3 Å². The van der Waals surface area contributed by atoms with Crippen LogP contribution in [0.15, 0.2) is 70.4 Å². The zero-order valence-electron chi connectivity index (χ0n) is 18.5. The monoisotopic (exact) mass is 435 g/mol. The average molecular weight is 436 g/mol. The summed E-state index contributed by atoms with van der Waals surface area (Å²) in [6.07, 6.45) is 4.50. The van der Waals surface area contributed by atoms with E-state index < -0.39 is 0 Å². The molecule has 1 fully saturated rings. The van der Waals surface area contributed by atoms with E-state index >= 15 is 0 Å². The van der Waals surface area contributed by atoms with E-state index in [1.165, 1.54) is 22.3 Å². The minimum absolute atomic E-state index is 0.194. The Hall–Kier alpha value is -2.99. The van der Waals surface area contributed by atoms with Crippen LogP contribution in [0, 0.1) is 12.7 Å². The molecule has 6 heteroatoms. The van der Waals surface area contributed by atoms with Crippen molar-refractivity contribution < 1.29 is 4.39 Å². The standard InChI is InChI=1S/C26H30FN3O2/c1-20-18-29(19-21-6-3-2-4-7-21)26(32)30(25(20)31)15-5-14-28-16-12-23(13-17-28)22-8-10-24(27)11-9-22/h2-4,6-11,18,23H,5,12-17,19H2,1H3. The molecule has 0 unspecified atom stereocenters. The Bertz CT molecular complexity index is 1140. The van der Waals surface area contributed by atoms with Gasteiger partial charge in [0.1, 0.15) is 5.82 Å². The van der Waals surface area contributed by atoms with E-state index in [1.54, 1.807) is 17.7 Å². The van der Waals surface area contributed by atoms with E-state index in [9.17, 15) is 14.0 Å². The van der Waals surface area contributed by atoms with E-state index in [2.05, 4.69) is 4.90 Å². The molecule has 2 heterocycles. The highest BCUT2D eigenvalue weighted by atomic mass is 19.1. The first-order chi connectivity index (χ1) is 15.5. The lowest BCUT2D eigenvalue weighted by atomic mass is 9.89. The molecule has 5 nitrogen and oxygen atoms in total. The molecule has 0 bridgehead atoms. The minimum Gasteiger partial charge on any atom is -0.303 e. The zero-order chi connectivity index (χ0) is 22.5. The fourth-order valence-corrected chi connectivity index (χ4v) is 4.57. The summed E-state index contributed by atoms with van der Waals surface area (Å²) in [5.41, 5.74) is 2.37. The van der Waals surface area contributed by atoms with Gasteiger partial charge in [0.05, 0.1) is 6.54 Å². The molecule has 0 atom stereocenters. The van der Waals surface area contributed by atoms with Crippen molar-refractivity contribution in [3.05, 3.63) is 104 Å². The molecule has 1 aromatic heterocycles. The third kappa shape index (κ3) is 5.25. The lowest BCUT2D eigenvalue weighted by molar-refractivity contribution is 0.206. The quantitative estimate of drug-likeness (QED) is 0.568. The second kappa shape index (κ2) is 10.1. The minimum atomic E-state index is -0.250. The van der Waals surface area contributed by atoms with Gasteiger partial charge in [0.15, 0.2) is 0 Å². The second-order valence-corrected chi connectivity index (χ2v) is 8.69. The van der Waals surface area contributed by atoms with Crippen molar-refractivity contribution in [3.63, 3.8) is 0 Å². The topological polar surface area (TPSA) is 47.2 Å². The predicted molar refractivity (Wildman–Crippen MR) is 125 cm³/mol. The molecular weight excluding hydrogens is 405 g/mol. The first-order valence-electron chi connectivity index (χ1n) is 11.3. The molecule has 168 valence electrons. The largest absolute Gasteiger partial charge is 0.331 e. The van der Waals surface area contributed by atoms with Crippen molar-refractivity contribution in [1.82, 2.24) is 14.0 Å². The second-order valence-electron chi connectivity index (χ2n) is 8.69. The number of benzene rings is 2. The number of aryl methyl sites for hydroxylation is 1. The maximum atomic E-state index is 13.2. The molecule has 3 aromatic rings. The Balaban J connectivity index is 1.34. The molecule has 0 radical (unpaired) electrons. The van der Waals surface area contributed by atoms with Crippen LogP contribution in [-0.4, -0.2) is 33.7 Å². The summed E-state index contributed by atoms with van der Waals surface area (Å²) in [7, 11) is 0. The van der Waals surface area contributed by atoms with Crippen molar-refractivity contribution in [2.45, 2.75) is 45.2 Å². The van der Waals surface area contributed by atoms with Crippen LogP contribution in [0.2, 0.25) is 0 Å². The number of likely N-dealkylation sites (tertiary alicyclic amines) is 1. The fourth-order valence-electron chi connectivity index (χ4n) is 4.57. The van der Waals surface area contributed by atoms with Gasteiger partial charge in [-0.1, -0.05) is 42.5 Å². The van der Waals surface area contributed by atoms with Gasteiger partial charge in [0.25, 0.3) is 5.56 Å². The molecule has 32 heavy (non-hydrogen) atoms. The molecule has 0 saturated carbocycles. The first kappa shape index (κ1) is 22.2. The summed E-state index contributed by atoms with van der Waals surface area (Å²) in [6, 6.07) is 16.6. The van der Waals surface area contributed by atoms with Gasteiger partial charge in [-0.3, -0.25) is 13.9 Å². The van der Waals surface area contributed by atoms with Crippen LogP contribution in [0.5, 0.6) is 0 Å². The van der Waals surface area contributed by atoms with Crippen LogP contribution in [0.25, 0.3) is 0 Å². The van der Waals surface area contributed by atoms with Crippen LogP contribution in [0.3, 0.4) is 0 Å². The molecule has 1 aliphatic rings. The summed E-state index contributed by atoms with van der Waals surface area (Å²) >= 11 is 0. The Labute approximate surface area is 187 Å². The summed E-state index contributed by atoms with van der Waals surface area (Å²) in [6.45, 7) is 5.45. The smallest absolute Gasteiger partial charge is 0.303 e. The van der Waals surface area contributed by atoms with Crippen LogP contribution in [0.4, 0.5) is 4.39 Å². The lowest BCUT2D eigenvalue weighted by Crippen LogP contribution is -2.42. The number of hydrogen-bond donors (Lipinski definition) is 0. The van der Waals surface area contributed by atoms with E-state index in [-0.39, 0.29) is 17.1 Å². The SMILES string of the molecule is Cc1cn(Cc2ccccc2)c(=O)n(CCCN2CCC(c3ccc(F)cc3)CC2)c1=O. The molecule has 0 spiro atoms. The number of aromatic nitrogens is 2. The predicted octanol–water partition coefficient (Wildman–Crippen LogP) is 3.78. The van der Waals surface area contributed by atoms with Crippen LogP contribution < -0.4 is 11.2 Å². The molecule has 0 N–H and O–H groups in total. The molecule has 2 aromatic carbocycles. The van der Waals surface area contributed by atoms with Crippen LogP contribution in [-0.2, 0) is 13.1 Å². The van der Waals surface area contributed by atoms with Gasteiger partial charge >= 0.3 is 5.69 Å². The zero-order valence-corrected chi connectivity index (χ0v) is 18.5. The Morgan fingerprint density at radius 2 is 1.62 bits per heavy atom. The van der Waals surface area contributed by atoms with Crippen molar-refractivity contribution >= 4 is 0 Å². The number of rotatable bonds is 7. The van der Waals surface area contributed by atoms with Gasteiger partial charge in [0.2, 0.25) is 0 Å². The maximum absolute atomic E-state index is 13.2. The lowest BCUT2D eigenvalue weighted by Gasteiger charge is -2.32. The Morgan fingerprint density at radius 3 is 2.31 bits per heavy atom. The van der Waals surface area contributed by atoms with Gasteiger partial charge in [-0.05, 0) is 75.0 Å². The summed E-state index contributed by atoms with van der Waals surface area (Å²) in [5, 5.41) is 0. The Morgan fingerprint density at radius 1 is 0.938 bits per heavy atom. The van der Waals surface area contributed by atoms with Gasteiger partial charge < -0.3 is 4.90 Å². The Kier molecular flexibility index (Phi) is 7.00. The fraction of sp³-hybridized carbons (Fsp3) is 0.385. The van der Waals surface area contributed by atoms with Crippen molar-refractivity contribution in [1.29, 1.82) is 0 Å². The summed E-state index contributed by atoms with van der Waals surface area (Å²) in [4.78, 5) is 27.9. The van der Waals surface area contributed by atoms with Crippen LogP contribution in [0.1, 0.15) is 41.9 Å². The van der Waals surface area contributed by atoms with Gasteiger partial charge in [-0.2, -0.15) is 0 Å². The first-order valence-corrected chi connectivity index (χ1v) is 11.3. The molecule has 0 amide bonds. The molecule has 0 aliphatic carbocycles. The highest BCUT2D eigenvalue weighted by Crippen LogP contribution is 2.28. The number of halogens is 1. The normalized spacial score (nSPS) is 15.2. The highest BCUT2D eigenvalue weighted by molar-refractivity contribution is 5.21. The highest BCUT2D eigenvalue weighted by Gasteiger charge is 2.20. The van der Waals surface area contributed by atoms with E-state index in [0.717, 1.165) is 44.5 Å². The molecule has 4 rings (SSSR count). The average Bonchev–Trinajstić information content (AvgIpc) is 2.81. The van der Waals surface area contributed by atoms with Crippen molar-refractivity contribution in [3.8, 4) is 0 Å². The van der Waals surface area contributed by atoms with Crippen LogP contribution >= 0.6 is 0 Å². The van der Waals surface area contributed by atoms with Crippen molar-refractivity contribution in [2.75, 3.05) is 19.6 Å². The van der Waals surface area contributed by atoms with E-state index in [1.807, 2.05) is 42.5 Å². The summed E-state index contributed by atoms with van der Waals surface area (Å²) in [5.74, 6) is 0.275. The van der Waals surface area contributed by atoms with Gasteiger partial charge in [-0.15, -0.1) is 0 Å². The third-order valence-corrected chi connectivity index (χ3v) is 6.39. The molecule has 1 saturated heterocycles. The molecule has 1 aliphatic heterocycles. The van der Waals surface area contributed by atoms with E-state index in [0.29, 0.717) is 24.6 Å². The summed E-state index contributed by atoms with van der Waals surface area (Å²) < 4.78 is 16.2. The molecular formula is C26H30FN3O2.